The summed E-state index contributed by atoms with van der Waals surface area (Å²) in [5.41, 5.74) is 0.674. The van der Waals surface area contributed by atoms with Gasteiger partial charge in [-0.25, -0.2) is 8.42 Å². The zero-order chi connectivity index (χ0) is 15.5. The number of nitrogens with zero attached hydrogens (tertiary/aromatic N) is 1. The summed E-state index contributed by atoms with van der Waals surface area (Å²) < 4.78 is 23.6. The number of hydrogen-bond acceptors (Lipinski definition) is 4. The molecule has 21 heavy (non-hydrogen) atoms. The zero-order valence-electron chi connectivity index (χ0n) is 11.0. The Labute approximate surface area is 131 Å². The third-order valence-electron chi connectivity index (χ3n) is 3.09. The summed E-state index contributed by atoms with van der Waals surface area (Å²) in [6.45, 7) is 0. The number of nitriles is 1. The van der Waals surface area contributed by atoms with E-state index in [4.69, 9.17) is 5.26 Å². The molecule has 1 aliphatic heterocycles. The Kier molecular flexibility index (Phi) is 4.80. The van der Waals surface area contributed by atoms with Gasteiger partial charge in [-0.2, -0.15) is 5.26 Å². The summed E-state index contributed by atoms with van der Waals surface area (Å²) in [6, 6.07) is 8.63. The van der Waals surface area contributed by atoms with Gasteiger partial charge in [-0.3, -0.25) is 4.79 Å². The van der Waals surface area contributed by atoms with Crippen LogP contribution in [0.1, 0.15) is 12.0 Å². The van der Waals surface area contributed by atoms with E-state index in [0.29, 0.717) is 6.42 Å². The quantitative estimate of drug-likeness (QED) is 0.649. The van der Waals surface area contributed by atoms with Crippen molar-refractivity contribution in [2.24, 2.45) is 0 Å². The first-order chi connectivity index (χ1) is 9.89. The lowest BCUT2D eigenvalue weighted by atomic mass is 10.1. The van der Waals surface area contributed by atoms with Crippen LogP contribution in [-0.4, -0.2) is 31.9 Å². The minimum absolute atomic E-state index is 0.0441. The fourth-order valence-corrected chi connectivity index (χ4v) is 4.17. The van der Waals surface area contributed by atoms with Crippen LogP contribution in [0.3, 0.4) is 0 Å². The van der Waals surface area contributed by atoms with E-state index in [9.17, 15) is 13.2 Å². The van der Waals surface area contributed by atoms with Gasteiger partial charge >= 0.3 is 0 Å². The Morgan fingerprint density at radius 1 is 1.48 bits per heavy atom. The van der Waals surface area contributed by atoms with Gasteiger partial charge in [-0.15, -0.1) is 0 Å². The largest absolute Gasteiger partial charge is 0.348 e. The molecule has 0 spiro atoms. The second-order valence-corrected chi connectivity index (χ2v) is 7.94. The monoisotopic (exact) mass is 368 g/mol. The van der Waals surface area contributed by atoms with Gasteiger partial charge in [0.15, 0.2) is 9.84 Å². The molecule has 1 heterocycles. The lowest BCUT2D eigenvalue weighted by molar-refractivity contribution is -0.117. The number of amides is 1. The van der Waals surface area contributed by atoms with Crippen LogP contribution in [0.5, 0.6) is 0 Å². The number of rotatable bonds is 3. The SMILES string of the molecule is N#C/C(=C\c1cccc(Br)c1)C(=O)N[C@@H]1CCS(=O)(=O)C1. The molecule has 1 aromatic carbocycles. The predicted octanol–water partition coefficient (Wildman–Crippen LogP) is 1.66. The standard InChI is InChI=1S/C14H13BrN2O3S/c15-12-3-1-2-10(7-12)6-11(8-16)14(18)17-13-4-5-21(19,20)9-13/h1-3,6-7,13H,4-5,9H2,(H,17,18)/b11-6+/t13-/m1/s1. The van der Waals surface area contributed by atoms with Crippen molar-refractivity contribution in [2.45, 2.75) is 12.5 Å². The molecule has 1 amide bonds. The first kappa shape index (κ1) is 15.7. The highest BCUT2D eigenvalue weighted by Gasteiger charge is 2.29. The van der Waals surface area contributed by atoms with Gasteiger partial charge in [0.1, 0.15) is 11.6 Å². The molecule has 1 N–H and O–H groups in total. The van der Waals surface area contributed by atoms with E-state index < -0.39 is 21.8 Å². The van der Waals surface area contributed by atoms with E-state index in [1.165, 1.54) is 6.08 Å². The van der Waals surface area contributed by atoms with Gasteiger partial charge in [0, 0.05) is 10.5 Å². The molecule has 1 aromatic rings. The van der Waals surface area contributed by atoms with Gasteiger partial charge < -0.3 is 5.32 Å². The van der Waals surface area contributed by atoms with Crippen LogP contribution < -0.4 is 5.32 Å². The van der Waals surface area contributed by atoms with Crippen molar-refractivity contribution in [1.82, 2.24) is 5.32 Å². The van der Waals surface area contributed by atoms with E-state index in [2.05, 4.69) is 21.2 Å². The second kappa shape index (κ2) is 6.41. The van der Waals surface area contributed by atoms with Crippen molar-refractivity contribution < 1.29 is 13.2 Å². The molecule has 1 aliphatic rings. The predicted molar refractivity (Wildman–Crippen MR) is 82.9 cm³/mol. The summed E-state index contributed by atoms with van der Waals surface area (Å²) in [7, 11) is -3.06. The summed E-state index contributed by atoms with van der Waals surface area (Å²) >= 11 is 3.32. The van der Waals surface area contributed by atoms with Crippen molar-refractivity contribution in [3.63, 3.8) is 0 Å². The molecule has 0 radical (unpaired) electrons. The number of carbonyl (C=O) groups excluding carboxylic acids is 1. The highest BCUT2D eigenvalue weighted by atomic mass is 79.9. The van der Waals surface area contributed by atoms with E-state index in [0.717, 1.165) is 10.0 Å². The van der Waals surface area contributed by atoms with Crippen LogP contribution in [0.4, 0.5) is 0 Å². The summed E-state index contributed by atoms with van der Waals surface area (Å²) in [5, 5.41) is 11.7. The summed E-state index contributed by atoms with van der Waals surface area (Å²) in [4.78, 5) is 12.0. The van der Waals surface area contributed by atoms with Crippen LogP contribution >= 0.6 is 15.9 Å². The summed E-state index contributed by atoms with van der Waals surface area (Å²) in [5.74, 6) is -0.525. The van der Waals surface area contributed by atoms with Crippen LogP contribution in [0.25, 0.3) is 6.08 Å². The molecule has 1 fully saturated rings. The number of hydrogen-bond donors (Lipinski definition) is 1. The number of benzene rings is 1. The fraction of sp³-hybridized carbons (Fsp3) is 0.286. The Morgan fingerprint density at radius 2 is 2.24 bits per heavy atom. The number of nitrogens with one attached hydrogen (secondary N) is 1. The Morgan fingerprint density at radius 3 is 2.81 bits per heavy atom. The molecule has 1 atom stereocenters. The van der Waals surface area contributed by atoms with Gasteiger partial charge in [-0.05, 0) is 30.2 Å². The molecule has 110 valence electrons. The van der Waals surface area contributed by atoms with Crippen LogP contribution in [0.15, 0.2) is 34.3 Å². The maximum absolute atomic E-state index is 12.0. The number of halogens is 1. The first-order valence-electron chi connectivity index (χ1n) is 6.28. The van der Waals surface area contributed by atoms with Crippen LogP contribution in [0, 0.1) is 11.3 Å². The average Bonchev–Trinajstić information content (AvgIpc) is 2.75. The molecule has 5 nitrogen and oxygen atoms in total. The van der Waals surface area contributed by atoms with Gasteiger partial charge in [0.2, 0.25) is 0 Å². The van der Waals surface area contributed by atoms with E-state index in [1.54, 1.807) is 18.2 Å². The van der Waals surface area contributed by atoms with Crippen molar-refractivity contribution in [3.05, 3.63) is 39.9 Å². The van der Waals surface area contributed by atoms with Gasteiger partial charge in [-0.1, -0.05) is 28.1 Å². The van der Waals surface area contributed by atoms with Crippen molar-refractivity contribution in [3.8, 4) is 6.07 Å². The van der Waals surface area contributed by atoms with E-state index in [-0.39, 0.29) is 17.1 Å². The minimum Gasteiger partial charge on any atom is -0.348 e. The molecule has 2 rings (SSSR count). The second-order valence-electron chi connectivity index (χ2n) is 4.80. The Hall–Kier alpha value is -1.65. The molecule has 7 heteroatoms. The number of carbonyl (C=O) groups is 1. The van der Waals surface area contributed by atoms with E-state index in [1.807, 2.05) is 12.1 Å². The number of sulfone groups is 1. The maximum Gasteiger partial charge on any atom is 0.262 e. The Balaban J connectivity index is 2.11. The molecule has 1 saturated heterocycles. The smallest absolute Gasteiger partial charge is 0.262 e. The highest BCUT2D eigenvalue weighted by Crippen LogP contribution is 2.15. The van der Waals surface area contributed by atoms with Crippen molar-refractivity contribution in [2.75, 3.05) is 11.5 Å². The van der Waals surface area contributed by atoms with E-state index >= 15 is 0 Å². The third kappa shape index (κ3) is 4.41. The first-order valence-corrected chi connectivity index (χ1v) is 8.90. The highest BCUT2D eigenvalue weighted by molar-refractivity contribution is 9.10. The third-order valence-corrected chi connectivity index (χ3v) is 5.35. The fourth-order valence-electron chi connectivity index (χ4n) is 2.08. The lowest BCUT2D eigenvalue weighted by Crippen LogP contribution is -2.36. The van der Waals surface area contributed by atoms with Gasteiger partial charge in [0.05, 0.1) is 11.5 Å². The lowest BCUT2D eigenvalue weighted by Gasteiger charge is -2.09. The van der Waals surface area contributed by atoms with Crippen molar-refractivity contribution in [1.29, 1.82) is 5.26 Å². The Bertz CT molecular complexity index is 735. The zero-order valence-corrected chi connectivity index (χ0v) is 13.4. The average molecular weight is 369 g/mol. The molecule has 0 aliphatic carbocycles. The molecular formula is C14H13BrN2O3S. The molecule has 0 saturated carbocycles. The molecular weight excluding hydrogens is 356 g/mol. The maximum atomic E-state index is 12.0. The van der Waals surface area contributed by atoms with Crippen LogP contribution in [-0.2, 0) is 14.6 Å². The van der Waals surface area contributed by atoms with Crippen LogP contribution in [0.2, 0.25) is 0 Å². The normalized spacial score (nSPS) is 20.8. The minimum atomic E-state index is -3.06. The van der Waals surface area contributed by atoms with Gasteiger partial charge in [0.25, 0.3) is 5.91 Å². The summed E-state index contributed by atoms with van der Waals surface area (Å²) in [6.07, 6.45) is 1.87. The topological polar surface area (TPSA) is 87.0 Å². The molecule has 0 aromatic heterocycles. The molecule has 0 unspecified atom stereocenters. The van der Waals surface area contributed by atoms with Crippen molar-refractivity contribution >= 4 is 37.8 Å². The molecule has 0 bridgehead atoms.